The molecule has 12 rings (SSSR count). The van der Waals surface area contributed by atoms with Crippen molar-refractivity contribution in [3.63, 3.8) is 0 Å². The molecular weight excluding hydrogens is 749 g/mol. The molecule has 0 N–H and O–H groups in total. The highest BCUT2D eigenvalue weighted by Gasteiger charge is 2.20. The van der Waals surface area contributed by atoms with E-state index in [1.165, 1.54) is 47.5 Å². The summed E-state index contributed by atoms with van der Waals surface area (Å²) in [5, 5.41) is 9.60. The highest BCUT2D eigenvalue weighted by molar-refractivity contribution is 7.25. The van der Waals surface area contributed by atoms with E-state index in [1.807, 2.05) is 23.5 Å². The van der Waals surface area contributed by atoms with Crippen LogP contribution in [0.25, 0.3) is 74.8 Å². The van der Waals surface area contributed by atoms with Gasteiger partial charge in [-0.25, -0.2) is 0 Å². The van der Waals surface area contributed by atoms with Crippen molar-refractivity contribution in [1.82, 2.24) is 0 Å². The fourth-order valence-corrected chi connectivity index (χ4v) is 10.1. The van der Waals surface area contributed by atoms with Crippen molar-refractivity contribution in [2.45, 2.75) is 0 Å². The van der Waals surface area contributed by atoms with Crippen molar-refractivity contribution < 1.29 is 4.42 Å². The Balaban J connectivity index is 1.04. The molecule has 0 aliphatic carbocycles. The number of anilines is 6. The predicted molar refractivity (Wildman–Crippen MR) is 256 cm³/mol. The molecule has 0 saturated heterocycles. The number of fused-ring (bicyclic) bond motifs is 9. The van der Waals surface area contributed by atoms with Crippen LogP contribution in [-0.2, 0) is 0 Å². The lowest BCUT2D eigenvalue weighted by molar-refractivity contribution is 0.669. The first-order chi connectivity index (χ1) is 29.7. The maximum Gasteiger partial charge on any atom is 0.136 e. The fourth-order valence-electron chi connectivity index (χ4n) is 8.93. The zero-order chi connectivity index (χ0) is 39.6. The van der Waals surface area contributed by atoms with Gasteiger partial charge in [0.15, 0.2) is 0 Å². The molecular formula is C56H36N2OS. The van der Waals surface area contributed by atoms with Crippen LogP contribution in [0.5, 0.6) is 0 Å². The Hall–Kier alpha value is -7.66. The van der Waals surface area contributed by atoms with Crippen LogP contribution in [0.2, 0.25) is 0 Å². The van der Waals surface area contributed by atoms with Crippen LogP contribution >= 0.6 is 11.3 Å². The van der Waals surface area contributed by atoms with Crippen molar-refractivity contribution in [2.75, 3.05) is 9.80 Å². The Kier molecular flexibility index (Phi) is 8.03. The Morgan fingerprint density at radius 1 is 0.283 bits per heavy atom. The van der Waals surface area contributed by atoms with E-state index in [9.17, 15) is 0 Å². The second kappa shape index (κ2) is 14.0. The van der Waals surface area contributed by atoms with E-state index in [1.54, 1.807) is 0 Å². The van der Waals surface area contributed by atoms with E-state index in [-0.39, 0.29) is 0 Å². The third-order valence-electron chi connectivity index (χ3n) is 11.8. The van der Waals surface area contributed by atoms with Gasteiger partial charge in [-0.1, -0.05) is 127 Å². The van der Waals surface area contributed by atoms with E-state index in [0.717, 1.165) is 61.4 Å². The van der Waals surface area contributed by atoms with Gasteiger partial charge in [-0.05, 0) is 124 Å². The Bertz CT molecular complexity index is 3550. The lowest BCUT2D eigenvalue weighted by Gasteiger charge is -2.29. The summed E-state index contributed by atoms with van der Waals surface area (Å²) >= 11 is 1.85. The van der Waals surface area contributed by atoms with Crippen LogP contribution in [0, 0.1) is 0 Å². The molecule has 0 aliphatic rings. The molecule has 3 nitrogen and oxygen atoms in total. The largest absolute Gasteiger partial charge is 0.456 e. The topological polar surface area (TPSA) is 19.6 Å². The molecule has 0 amide bonds. The first kappa shape index (κ1) is 34.4. The summed E-state index contributed by atoms with van der Waals surface area (Å²) in [6.45, 7) is 0. The van der Waals surface area contributed by atoms with Gasteiger partial charge in [-0.15, -0.1) is 11.3 Å². The van der Waals surface area contributed by atoms with E-state index >= 15 is 0 Å². The third kappa shape index (κ3) is 5.80. The molecule has 12 aromatic rings. The summed E-state index contributed by atoms with van der Waals surface area (Å²) in [7, 11) is 0. The number of hydrogen-bond donors (Lipinski definition) is 0. The monoisotopic (exact) mass is 784 g/mol. The van der Waals surface area contributed by atoms with E-state index in [2.05, 4.69) is 216 Å². The van der Waals surface area contributed by atoms with Crippen molar-refractivity contribution >= 4 is 109 Å². The number of para-hydroxylation sites is 2. The van der Waals surface area contributed by atoms with Gasteiger partial charge in [-0.2, -0.15) is 0 Å². The van der Waals surface area contributed by atoms with E-state index in [0.29, 0.717) is 0 Å². The first-order valence-corrected chi connectivity index (χ1v) is 21.1. The molecule has 4 heteroatoms. The van der Waals surface area contributed by atoms with Gasteiger partial charge in [0, 0.05) is 65.1 Å². The molecule has 0 bridgehead atoms. The van der Waals surface area contributed by atoms with Gasteiger partial charge in [0.1, 0.15) is 11.2 Å². The molecule has 2 aromatic heterocycles. The summed E-state index contributed by atoms with van der Waals surface area (Å²) in [6, 6.07) is 78.9. The van der Waals surface area contributed by atoms with Crippen molar-refractivity contribution in [3.8, 4) is 11.1 Å². The molecule has 282 valence electrons. The van der Waals surface area contributed by atoms with Crippen LogP contribution in [0.3, 0.4) is 0 Å². The number of benzene rings is 10. The summed E-state index contributed by atoms with van der Waals surface area (Å²) in [4.78, 5) is 4.76. The number of furan rings is 1. The molecule has 0 unspecified atom stereocenters. The maximum atomic E-state index is 6.31. The van der Waals surface area contributed by atoms with Crippen molar-refractivity contribution in [2.24, 2.45) is 0 Å². The summed E-state index contributed by atoms with van der Waals surface area (Å²) in [5.41, 5.74) is 10.7. The zero-order valence-corrected chi connectivity index (χ0v) is 33.3. The smallest absolute Gasteiger partial charge is 0.136 e. The minimum absolute atomic E-state index is 0.908. The van der Waals surface area contributed by atoms with E-state index < -0.39 is 0 Å². The SMILES string of the molecule is c1ccc(-c2ccc(N(c3cccc(N(c4ccccc4)c4ccc5c(c4)sc4ccccc45)c3)c3ccc4ccc5cc6oc7ccccc7c6cc5c4c3)cc2)cc1. The average molecular weight is 785 g/mol. The van der Waals surface area contributed by atoms with Crippen LogP contribution in [0.15, 0.2) is 223 Å². The second-order valence-corrected chi connectivity index (χ2v) is 16.4. The lowest BCUT2D eigenvalue weighted by Crippen LogP contribution is -2.13. The Labute approximate surface area is 351 Å². The maximum absolute atomic E-state index is 6.31. The van der Waals surface area contributed by atoms with Crippen LogP contribution in [0.1, 0.15) is 0 Å². The third-order valence-corrected chi connectivity index (χ3v) is 12.9. The van der Waals surface area contributed by atoms with Crippen LogP contribution in [0.4, 0.5) is 34.1 Å². The van der Waals surface area contributed by atoms with Gasteiger partial charge in [-0.3, -0.25) is 0 Å². The summed E-state index contributed by atoms with van der Waals surface area (Å²) in [6.07, 6.45) is 0. The predicted octanol–water partition coefficient (Wildman–Crippen LogP) is 16.9. The molecule has 0 fully saturated rings. The molecule has 60 heavy (non-hydrogen) atoms. The number of rotatable bonds is 7. The molecule has 0 aliphatic heterocycles. The molecule has 0 spiro atoms. The van der Waals surface area contributed by atoms with Crippen LogP contribution < -0.4 is 9.80 Å². The van der Waals surface area contributed by atoms with Crippen molar-refractivity contribution in [3.05, 3.63) is 218 Å². The van der Waals surface area contributed by atoms with Gasteiger partial charge >= 0.3 is 0 Å². The Morgan fingerprint density at radius 3 is 1.65 bits per heavy atom. The highest BCUT2D eigenvalue weighted by atomic mass is 32.1. The summed E-state index contributed by atoms with van der Waals surface area (Å²) in [5.74, 6) is 0. The molecule has 0 atom stereocenters. The van der Waals surface area contributed by atoms with Gasteiger partial charge in [0.05, 0.1) is 0 Å². The fraction of sp³-hybridized carbons (Fsp3) is 0. The number of nitrogens with zero attached hydrogens (tertiary/aromatic N) is 2. The standard InChI is InChI=1S/C56H36N2OS/c1-3-12-37(13-4-1)38-24-27-42(28-25-38)58(45-29-26-39-22-23-40-32-54-52(36-51(40)50(39)34-45)47-18-7-9-20-53(47)59-54)44-17-11-16-43(33-44)57(41-14-5-2-6-15-41)46-30-31-49-48-19-8-10-21-55(48)60-56(49)35-46/h1-36H. The quantitative estimate of drug-likeness (QED) is 0.150. The summed E-state index contributed by atoms with van der Waals surface area (Å²) < 4.78 is 8.89. The van der Waals surface area contributed by atoms with Crippen LogP contribution in [-0.4, -0.2) is 0 Å². The lowest BCUT2D eigenvalue weighted by atomic mass is 9.98. The van der Waals surface area contributed by atoms with Gasteiger partial charge < -0.3 is 14.2 Å². The normalized spacial score (nSPS) is 11.7. The van der Waals surface area contributed by atoms with Gasteiger partial charge in [0.25, 0.3) is 0 Å². The molecule has 2 heterocycles. The van der Waals surface area contributed by atoms with Crippen molar-refractivity contribution in [1.29, 1.82) is 0 Å². The number of hydrogen-bond acceptors (Lipinski definition) is 4. The molecule has 0 saturated carbocycles. The first-order valence-electron chi connectivity index (χ1n) is 20.3. The number of thiophene rings is 1. The Morgan fingerprint density at radius 2 is 0.833 bits per heavy atom. The van der Waals surface area contributed by atoms with E-state index in [4.69, 9.17) is 4.42 Å². The highest BCUT2D eigenvalue weighted by Crippen LogP contribution is 2.44. The molecule has 0 radical (unpaired) electrons. The minimum Gasteiger partial charge on any atom is -0.456 e. The second-order valence-electron chi connectivity index (χ2n) is 15.4. The minimum atomic E-state index is 0.908. The average Bonchev–Trinajstić information content (AvgIpc) is 3.87. The van der Waals surface area contributed by atoms with Gasteiger partial charge in [0.2, 0.25) is 0 Å². The molecule has 10 aromatic carbocycles. The zero-order valence-electron chi connectivity index (χ0n) is 32.5.